The maximum absolute atomic E-state index is 13.5. The van der Waals surface area contributed by atoms with Crippen LogP contribution in [-0.4, -0.2) is 18.4 Å². The summed E-state index contributed by atoms with van der Waals surface area (Å²) in [4.78, 5) is 23.8. The fourth-order valence-electron chi connectivity index (χ4n) is 2.44. The van der Waals surface area contributed by atoms with Gasteiger partial charge in [0.05, 0.1) is 12.1 Å². The fraction of sp³-hybridized carbons (Fsp3) is 0.300. The van der Waals surface area contributed by atoms with Gasteiger partial charge in [-0.05, 0) is 42.7 Å². The van der Waals surface area contributed by atoms with Gasteiger partial charge in [-0.3, -0.25) is 9.59 Å². The molecule has 0 saturated heterocycles. The smallest absolute Gasteiger partial charge is 0.254 e. The number of carbonyl (C=O) groups is 2. The average molecular weight is 342 g/mol. The molecule has 2 N–H and O–H groups in total. The van der Waals surface area contributed by atoms with Gasteiger partial charge in [0.2, 0.25) is 5.91 Å². The quantitative estimate of drug-likeness (QED) is 0.714. The molecular formula is C20H23FN2O2. The third-order valence-electron chi connectivity index (χ3n) is 3.83. The zero-order valence-electron chi connectivity index (χ0n) is 14.3. The van der Waals surface area contributed by atoms with Crippen LogP contribution < -0.4 is 10.6 Å². The first-order valence-corrected chi connectivity index (χ1v) is 8.51. The number of carbonyl (C=O) groups excluding carboxylic acids is 2. The maximum atomic E-state index is 13.5. The first-order valence-electron chi connectivity index (χ1n) is 8.51. The molecule has 0 fully saturated rings. The van der Waals surface area contributed by atoms with Gasteiger partial charge >= 0.3 is 0 Å². The Morgan fingerprint density at radius 2 is 1.72 bits per heavy atom. The lowest BCUT2D eigenvalue weighted by Crippen LogP contribution is -2.33. The minimum atomic E-state index is -0.612. The van der Waals surface area contributed by atoms with Crippen molar-refractivity contribution < 1.29 is 14.0 Å². The molecule has 0 bridgehead atoms. The second kappa shape index (κ2) is 9.57. The van der Waals surface area contributed by atoms with Gasteiger partial charge in [-0.1, -0.05) is 44.0 Å². The van der Waals surface area contributed by atoms with E-state index in [9.17, 15) is 14.0 Å². The first kappa shape index (κ1) is 18.6. The summed E-state index contributed by atoms with van der Waals surface area (Å²) in [6, 6.07) is 13.3. The van der Waals surface area contributed by atoms with Crippen molar-refractivity contribution in [2.75, 3.05) is 11.9 Å². The van der Waals surface area contributed by atoms with E-state index in [1.165, 1.54) is 36.6 Å². The number of amides is 2. The van der Waals surface area contributed by atoms with Crippen molar-refractivity contribution in [1.29, 1.82) is 0 Å². The van der Waals surface area contributed by atoms with Crippen LogP contribution in [-0.2, 0) is 11.2 Å². The van der Waals surface area contributed by atoms with Crippen LogP contribution >= 0.6 is 0 Å². The lowest BCUT2D eigenvalue weighted by molar-refractivity contribution is -0.115. The van der Waals surface area contributed by atoms with Crippen LogP contribution in [0.3, 0.4) is 0 Å². The van der Waals surface area contributed by atoms with Crippen molar-refractivity contribution in [3.05, 3.63) is 65.5 Å². The van der Waals surface area contributed by atoms with Crippen molar-refractivity contribution in [1.82, 2.24) is 5.32 Å². The minimum absolute atomic E-state index is 0.0771. The van der Waals surface area contributed by atoms with E-state index in [0.717, 1.165) is 12.8 Å². The number of anilines is 1. The van der Waals surface area contributed by atoms with E-state index < -0.39 is 11.7 Å². The molecule has 0 unspecified atom stereocenters. The maximum Gasteiger partial charge on any atom is 0.254 e. The lowest BCUT2D eigenvalue weighted by atomic mass is 10.1. The highest BCUT2D eigenvalue weighted by atomic mass is 19.1. The Labute approximate surface area is 147 Å². The van der Waals surface area contributed by atoms with Crippen LogP contribution in [0, 0.1) is 5.82 Å². The van der Waals surface area contributed by atoms with Crippen molar-refractivity contribution in [2.45, 2.75) is 32.6 Å². The molecule has 0 aliphatic rings. The second-order valence-corrected chi connectivity index (χ2v) is 5.86. The molecule has 0 aliphatic heterocycles. The average Bonchev–Trinajstić information content (AvgIpc) is 2.62. The third kappa shape index (κ3) is 6.03. The Morgan fingerprint density at radius 3 is 2.40 bits per heavy atom. The van der Waals surface area contributed by atoms with E-state index in [1.54, 1.807) is 6.07 Å². The Bertz CT molecular complexity index is 714. The predicted molar refractivity (Wildman–Crippen MR) is 97.0 cm³/mol. The highest BCUT2D eigenvalue weighted by Gasteiger charge is 2.12. The van der Waals surface area contributed by atoms with Crippen LogP contribution in [0.1, 0.15) is 42.1 Å². The van der Waals surface area contributed by atoms with E-state index in [-0.39, 0.29) is 18.0 Å². The molecule has 0 atom stereocenters. The van der Waals surface area contributed by atoms with Crippen LogP contribution in [0.4, 0.5) is 10.1 Å². The number of aryl methyl sites for hydroxylation is 1. The van der Waals surface area contributed by atoms with Crippen LogP contribution in [0.2, 0.25) is 0 Å². The summed E-state index contributed by atoms with van der Waals surface area (Å²) < 4.78 is 13.5. The van der Waals surface area contributed by atoms with Crippen LogP contribution in [0.15, 0.2) is 48.5 Å². The topological polar surface area (TPSA) is 58.2 Å². The second-order valence-electron chi connectivity index (χ2n) is 5.86. The molecule has 5 heteroatoms. The van der Waals surface area contributed by atoms with Gasteiger partial charge in [-0.15, -0.1) is 0 Å². The highest BCUT2D eigenvalue weighted by molar-refractivity contribution is 5.99. The Balaban J connectivity index is 1.80. The fourth-order valence-corrected chi connectivity index (χ4v) is 2.44. The zero-order chi connectivity index (χ0) is 18.1. The largest absolute Gasteiger partial charge is 0.343 e. The molecule has 4 nitrogen and oxygen atoms in total. The summed E-state index contributed by atoms with van der Waals surface area (Å²) in [6.45, 7) is 1.95. The van der Waals surface area contributed by atoms with Gasteiger partial charge < -0.3 is 10.6 Å². The zero-order valence-corrected chi connectivity index (χ0v) is 14.3. The SMILES string of the molecule is CCCCCc1ccc(NC(=O)CNC(=O)c2ccccc2F)cc1. The summed E-state index contributed by atoms with van der Waals surface area (Å²) in [6.07, 6.45) is 4.58. The standard InChI is InChI=1S/C20H23FN2O2/c1-2-3-4-7-15-10-12-16(13-11-15)23-19(24)14-22-20(25)17-8-5-6-9-18(17)21/h5-6,8-13H,2-4,7,14H2,1H3,(H,22,25)(H,23,24). The van der Waals surface area contributed by atoms with E-state index >= 15 is 0 Å². The monoisotopic (exact) mass is 342 g/mol. The van der Waals surface area contributed by atoms with Gasteiger partial charge in [-0.2, -0.15) is 0 Å². The molecule has 0 aromatic heterocycles. The molecule has 2 rings (SSSR count). The van der Waals surface area contributed by atoms with Crippen LogP contribution in [0.5, 0.6) is 0 Å². The summed E-state index contributed by atoms with van der Waals surface area (Å²) in [5, 5.41) is 5.12. The Hall–Kier alpha value is -2.69. The van der Waals surface area contributed by atoms with Gasteiger partial charge in [0, 0.05) is 5.69 Å². The molecule has 0 aliphatic carbocycles. The van der Waals surface area contributed by atoms with Crippen molar-refractivity contribution in [2.24, 2.45) is 0 Å². The number of halogens is 1. The molecule has 2 amide bonds. The van der Waals surface area contributed by atoms with Gasteiger partial charge in [-0.25, -0.2) is 4.39 Å². The van der Waals surface area contributed by atoms with E-state index in [4.69, 9.17) is 0 Å². The lowest BCUT2D eigenvalue weighted by Gasteiger charge is -2.08. The van der Waals surface area contributed by atoms with E-state index in [0.29, 0.717) is 5.69 Å². The summed E-state index contributed by atoms with van der Waals surface area (Å²) in [5.74, 6) is -1.58. The molecule has 132 valence electrons. The summed E-state index contributed by atoms with van der Waals surface area (Å²) >= 11 is 0. The third-order valence-corrected chi connectivity index (χ3v) is 3.83. The Kier molecular flexibility index (Phi) is 7.14. The van der Waals surface area contributed by atoms with Crippen molar-refractivity contribution >= 4 is 17.5 Å². The number of rotatable bonds is 8. The molecule has 0 saturated carbocycles. The van der Waals surface area contributed by atoms with E-state index in [2.05, 4.69) is 17.6 Å². The Morgan fingerprint density at radius 1 is 1.00 bits per heavy atom. The molecule has 0 heterocycles. The summed E-state index contributed by atoms with van der Waals surface area (Å²) in [7, 11) is 0. The van der Waals surface area contributed by atoms with Gasteiger partial charge in [0.1, 0.15) is 5.82 Å². The molecule has 0 spiro atoms. The number of nitrogens with one attached hydrogen (secondary N) is 2. The summed E-state index contributed by atoms with van der Waals surface area (Å²) in [5.41, 5.74) is 1.83. The normalized spacial score (nSPS) is 10.3. The number of hydrogen-bond donors (Lipinski definition) is 2. The number of hydrogen-bond acceptors (Lipinski definition) is 2. The molecular weight excluding hydrogens is 319 g/mol. The molecule has 2 aromatic rings. The number of unbranched alkanes of at least 4 members (excludes halogenated alkanes) is 2. The van der Waals surface area contributed by atoms with Crippen molar-refractivity contribution in [3.8, 4) is 0 Å². The minimum Gasteiger partial charge on any atom is -0.343 e. The van der Waals surface area contributed by atoms with Gasteiger partial charge in [0.25, 0.3) is 5.91 Å². The highest BCUT2D eigenvalue weighted by Crippen LogP contribution is 2.12. The predicted octanol–water partition coefficient (Wildman–Crippen LogP) is 3.93. The molecule has 25 heavy (non-hydrogen) atoms. The van der Waals surface area contributed by atoms with Crippen molar-refractivity contribution in [3.63, 3.8) is 0 Å². The van der Waals surface area contributed by atoms with Crippen LogP contribution in [0.25, 0.3) is 0 Å². The number of benzene rings is 2. The first-order chi connectivity index (χ1) is 12.1. The molecule has 0 radical (unpaired) electrons. The molecule has 2 aromatic carbocycles. The van der Waals surface area contributed by atoms with Gasteiger partial charge in [0.15, 0.2) is 0 Å². The van der Waals surface area contributed by atoms with E-state index in [1.807, 2.05) is 24.3 Å².